The molecule has 0 aliphatic heterocycles. The van der Waals surface area contributed by atoms with Gasteiger partial charge in [0.2, 0.25) is 0 Å². The maximum Gasteiger partial charge on any atom is 0.266 e. The summed E-state index contributed by atoms with van der Waals surface area (Å²) in [5.41, 5.74) is 6.15. The van der Waals surface area contributed by atoms with Crippen LogP contribution in [0.5, 0.6) is 0 Å². The molecule has 108 valence electrons. The van der Waals surface area contributed by atoms with Crippen molar-refractivity contribution in [2.45, 2.75) is 25.3 Å². The van der Waals surface area contributed by atoms with Crippen molar-refractivity contribution in [1.29, 1.82) is 0 Å². The summed E-state index contributed by atoms with van der Waals surface area (Å²) in [6.45, 7) is 3.49. The molecule has 2 aromatic rings. The summed E-state index contributed by atoms with van der Waals surface area (Å²) in [4.78, 5) is 4.12. The van der Waals surface area contributed by atoms with Crippen LogP contribution < -0.4 is 10.5 Å². The second-order valence-electron chi connectivity index (χ2n) is 4.26. The van der Waals surface area contributed by atoms with E-state index in [1.165, 1.54) is 12.3 Å². The SMILES string of the molecule is Cc1cc(Br)cnc1NS(=O)(=O)c1cc(CN)oc1C. The molecule has 0 amide bonds. The van der Waals surface area contributed by atoms with Gasteiger partial charge in [0, 0.05) is 16.7 Å². The molecule has 2 heterocycles. The minimum atomic E-state index is -3.75. The molecule has 0 fully saturated rings. The van der Waals surface area contributed by atoms with E-state index in [1.54, 1.807) is 19.9 Å². The predicted molar refractivity (Wildman–Crippen MR) is 78.8 cm³/mol. The zero-order chi connectivity index (χ0) is 14.9. The second-order valence-corrected chi connectivity index (χ2v) is 6.83. The van der Waals surface area contributed by atoms with Gasteiger partial charge in [-0.15, -0.1) is 0 Å². The highest BCUT2D eigenvalue weighted by molar-refractivity contribution is 9.10. The van der Waals surface area contributed by atoms with Gasteiger partial charge in [-0.3, -0.25) is 4.72 Å². The van der Waals surface area contributed by atoms with Gasteiger partial charge in [-0.1, -0.05) is 0 Å². The van der Waals surface area contributed by atoms with Crippen LogP contribution in [0.15, 0.2) is 32.1 Å². The number of hydrogen-bond acceptors (Lipinski definition) is 5. The number of nitrogens with zero attached hydrogens (tertiary/aromatic N) is 1. The maximum atomic E-state index is 12.3. The normalized spacial score (nSPS) is 11.6. The number of hydrogen-bond donors (Lipinski definition) is 2. The zero-order valence-corrected chi connectivity index (χ0v) is 13.4. The molecule has 0 aliphatic carbocycles. The summed E-state index contributed by atoms with van der Waals surface area (Å²) in [7, 11) is -3.75. The molecule has 2 aromatic heterocycles. The highest BCUT2D eigenvalue weighted by atomic mass is 79.9. The first-order valence-corrected chi connectivity index (χ1v) is 8.05. The molecule has 3 N–H and O–H groups in total. The second kappa shape index (κ2) is 5.55. The quantitative estimate of drug-likeness (QED) is 0.872. The molecular weight excluding hydrogens is 346 g/mol. The van der Waals surface area contributed by atoms with E-state index in [2.05, 4.69) is 25.6 Å². The van der Waals surface area contributed by atoms with Crippen molar-refractivity contribution in [2.24, 2.45) is 5.73 Å². The molecule has 20 heavy (non-hydrogen) atoms. The Hall–Kier alpha value is -1.38. The lowest BCUT2D eigenvalue weighted by Gasteiger charge is -2.08. The Morgan fingerprint density at radius 2 is 2.10 bits per heavy atom. The smallest absolute Gasteiger partial charge is 0.266 e. The van der Waals surface area contributed by atoms with Crippen LogP contribution in [-0.2, 0) is 16.6 Å². The van der Waals surface area contributed by atoms with Crippen LogP contribution in [0.2, 0.25) is 0 Å². The number of aryl methyl sites for hydroxylation is 2. The number of nitrogens with two attached hydrogens (primary N) is 1. The van der Waals surface area contributed by atoms with E-state index in [-0.39, 0.29) is 17.3 Å². The van der Waals surface area contributed by atoms with Crippen LogP contribution in [0.4, 0.5) is 5.82 Å². The molecule has 8 heteroatoms. The molecule has 0 atom stereocenters. The topological polar surface area (TPSA) is 98.2 Å². The molecule has 2 rings (SSSR count). The largest absolute Gasteiger partial charge is 0.464 e. The zero-order valence-electron chi connectivity index (χ0n) is 11.0. The van der Waals surface area contributed by atoms with Crippen LogP contribution >= 0.6 is 15.9 Å². The van der Waals surface area contributed by atoms with Gasteiger partial charge in [0.05, 0.1) is 6.54 Å². The minimum Gasteiger partial charge on any atom is -0.464 e. The Labute approximate surface area is 125 Å². The van der Waals surface area contributed by atoms with E-state index in [1.807, 2.05) is 0 Å². The van der Waals surface area contributed by atoms with Crippen LogP contribution in [0, 0.1) is 13.8 Å². The third-order valence-electron chi connectivity index (χ3n) is 2.69. The fourth-order valence-corrected chi connectivity index (χ4v) is 3.45. The third kappa shape index (κ3) is 3.02. The summed E-state index contributed by atoms with van der Waals surface area (Å²) in [6.07, 6.45) is 1.53. The number of anilines is 1. The van der Waals surface area contributed by atoms with Crippen LogP contribution in [0.25, 0.3) is 0 Å². The van der Waals surface area contributed by atoms with E-state index in [0.29, 0.717) is 17.1 Å². The first-order chi connectivity index (χ1) is 9.33. The van der Waals surface area contributed by atoms with Crippen LogP contribution in [0.3, 0.4) is 0 Å². The number of aromatic nitrogens is 1. The molecule has 0 aliphatic rings. The number of pyridine rings is 1. The average Bonchev–Trinajstić information content (AvgIpc) is 2.75. The molecule has 0 bridgehead atoms. The minimum absolute atomic E-state index is 0.0714. The molecule has 0 unspecified atom stereocenters. The molecular formula is C12H14BrN3O3S. The Bertz CT molecular complexity index is 740. The molecule has 0 saturated heterocycles. The molecule has 6 nitrogen and oxygen atoms in total. The van der Waals surface area contributed by atoms with Gasteiger partial charge in [0.25, 0.3) is 10.0 Å². The average molecular weight is 360 g/mol. The summed E-state index contributed by atoms with van der Waals surface area (Å²) >= 11 is 3.28. The van der Waals surface area contributed by atoms with Crippen molar-refractivity contribution in [3.63, 3.8) is 0 Å². The Kier molecular flexibility index (Phi) is 4.17. The molecule has 0 radical (unpaired) electrons. The fourth-order valence-electron chi connectivity index (χ4n) is 1.72. The lowest BCUT2D eigenvalue weighted by molar-refractivity contribution is 0.479. The van der Waals surface area contributed by atoms with Crippen molar-refractivity contribution in [2.75, 3.05) is 4.72 Å². The van der Waals surface area contributed by atoms with Crippen molar-refractivity contribution in [1.82, 2.24) is 4.98 Å². The van der Waals surface area contributed by atoms with Crippen molar-refractivity contribution >= 4 is 31.8 Å². The number of sulfonamides is 1. The third-order valence-corrected chi connectivity index (χ3v) is 4.57. The summed E-state index contributed by atoms with van der Waals surface area (Å²) < 4.78 is 33.1. The van der Waals surface area contributed by atoms with Crippen molar-refractivity contribution < 1.29 is 12.8 Å². The summed E-state index contributed by atoms with van der Waals surface area (Å²) in [5.74, 6) is 0.999. The van der Waals surface area contributed by atoms with E-state index in [4.69, 9.17) is 10.2 Å². The van der Waals surface area contributed by atoms with Gasteiger partial charge < -0.3 is 10.2 Å². The summed E-state index contributed by atoms with van der Waals surface area (Å²) in [5, 5.41) is 0. The molecule has 0 spiro atoms. The summed E-state index contributed by atoms with van der Waals surface area (Å²) in [6, 6.07) is 3.20. The lowest BCUT2D eigenvalue weighted by atomic mass is 10.3. The molecule has 0 saturated carbocycles. The first kappa shape index (κ1) is 15.0. The number of halogens is 1. The monoisotopic (exact) mass is 359 g/mol. The predicted octanol–water partition coefficient (Wildman–Crippen LogP) is 2.31. The fraction of sp³-hybridized carbons (Fsp3) is 0.250. The van der Waals surface area contributed by atoms with Crippen molar-refractivity contribution in [3.8, 4) is 0 Å². The van der Waals surface area contributed by atoms with Gasteiger partial charge in [0.1, 0.15) is 22.2 Å². The Morgan fingerprint density at radius 3 is 2.65 bits per heavy atom. The van der Waals surface area contributed by atoms with Gasteiger partial charge >= 0.3 is 0 Å². The van der Waals surface area contributed by atoms with Crippen LogP contribution in [-0.4, -0.2) is 13.4 Å². The lowest BCUT2D eigenvalue weighted by Crippen LogP contribution is -2.15. The van der Waals surface area contributed by atoms with Crippen LogP contribution in [0.1, 0.15) is 17.1 Å². The number of rotatable bonds is 4. The first-order valence-electron chi connectivity index (χ1n) is 5.78. The van der Waals surface area contributed by atoms with Gasteiger partial charge in [-0.25, -0.2) is 13.4 Å². The molecule has 0 aromatic carbocycles. The Balaban J connectivity index is 2.38. The highest BCUT2D eigenvalue weighted by Gasteiger charge is 2.22. The van der Waals surface area contributed by atoms with E-state index >= 15 is 0 Å². The Morgan fingerprint density at radius 1 is 1.40 bits per heavy atom. The van der Waals surface area contributed by atoms with E-state index in [0.717, 1.165) is 4.47 Å². The van der Waals surface area contributed by atoms with Crippen molar-refractivity contribution in [3.05, 3.63) is 39.9 Å². The standard InChI is InChI=1S/C12H14BrN3O3S/c1-7-3-9(13)6-15-12(7)16-20(17,18)11-4-10(5-14)19-8(11)2/h3-4,6H,5,14H2,1-2H3,(H,15,16). The maximum absolute atomic E-state index is 12.3. The van der Waals surface area contributed by atoms with E-state index < -0.39 is 10.0 Å². The number of furan rings is 1. The number of nitrogens with one attached hydrogen (secondary N) is 1. The van der Waals surface area contributed by atoms with Gasteiger partial charge in [0.15, 0.2) is 0 Å². The van der Waals surface area contributed by atoms with Gasteiger partial charge in [-0.05, 0) is 41.4 Å². The van der Waals surface area contributed by atoms with E-state index in [9.17, 15) is 8.42 Å². The highest BCUT2D eigenvalue weighted by Crippen LogP contribution is 2.24. The van der Waals surface area contributed by atoms with Gasteiger partial charge in [-0.2, -0.15) is 0 Å².